The Hall–Kier alpha value is -1.09. The van der Waals surface area contributed by atoms with Crippen LogP contribution >= 0.6 is 11.6 Å². The summed E-state index contributed by atoms with van der Waals surface area (Å²) in [5.41, 5.74) is 0.418. The number of halogens is 1. The minimum absolute atomic E-state index is 0.184. The third kappa shape index (κ3) is 2.20. The number of nitrogens with zero attached hydrogens (tertiary/aromatic N) is 1. The van der Waals surface area contributed by atoms with E-state index in [0.717, 1.165) is 0 Å². The second-order valence-corrected chi connectivity index (χ2v) is 2.29. The Bertz CT molecular complexity index is 275. The number of aromatic nitrogens is 1. The van der Waals surface area contributed by atoms with Crippen LogP contribution in [0.2, 0.25) is 5.15 Å². The van der Waals surface area contributed by atoms with E-state index in [-0.39, 0.29) is 11.1 Å². The van der Waals surface area contributed by atoms with Crippen LogP contribution < -0.4 is 5.32 Å². The van der Waals surface area contributed by atoms with Gasteiger partial charge in [0.05, 0.1) is 5.69 Å². The molecule has 0 spiro atoms. The zero-order chi connectivity index (χ0) is 8.27. The standard InChI is InChI=1S/C7H6ClN2O/c1-5(11)10-6-3-2-4-9-7(6)8/h2,4H,1H3,(H,10,11). The maximum Gasteiger partial charge on any atom is 0.221 e. The lowest BCUT2D eigenvalue weighted by molar-refractivity contribution is -0.114. The van der Waals surface area contributed by atoms with Crippen molar-refractivity contribution in [2.45, 2.75) is 6.92 Å². The van der Waals surface area contributed by atoms with Gasteiger partial charge in [-0.2, -0.15) is 0 Å². The van der Waals surface area contributed by atoms with Crippen LogP contribution in [0.5, 0.6) is 0 Å². The van der Waals surface area contributed by atoms with Gasteiger partial charge in [0.1, 0.15) is 0 Å². The van der Waals surface area contributed by atoms with Gasteiger partial charge < -0.3 is 5.32 Å². The zero-order valence-corrected chi connectivity index (χ0v) is 6.64. The van der Waals surface area contributed by atoms with Crippen molar-refractivity contribution < 1.29 is 4.79 Å². The molecular formula is C7H6ClN2O. The molecule has 0 aliphatic rings. The van der Waals surface area contributed by atoms with Gasteiger partial charge in [0.2, 0.25) is 5.91 Å². The van der Waals surface area contributed by atoms with Crippen molar-refractivity contribution in [2.75, 3.05) is 5.32 Å². The molecular weight excluding hydrogens is 164 g/mol. The Morgan fingerprint density at radius 2 is 2.55 bits per heavy atom. The van der Waals surface area contributed by atoms with Crippen LogP contribution in [0.25, 0.3) is 0 Å². The Labute approximate surface area is 69.4 Å². The van der Waals surface area contributed by atoms with Gasteiger partial charge in [0, 0.05) is 19.2 Å². The van der Waals surface area contributed by atoms with Gasteiger partial charge in [-0.25, -0.2) is 4.98 Å². The van der Waals surface area contributed by atoms with Crippen molar-refractivity contribution in [3.8, 4) is 0 Å². The molecule has 1 rings (SSSR count). The highest BCUT2D eigenvalue weighted by atomic mass is 35.5. The highest BCUT2D eigenvalue weighted by Gasteiger charge is 2.00. The monoisotopic (exact) mass is 169 g/mol. The maximum atomic E-state index is 10.5. The first-order chi connectivity index (χ1) is 5.20. The third-order valence-electron chi connectivity index (χ3n) is 0.997. The molecule has 57 valence electrons. The summed E-state index contributed by atoms with van der Waals surface area (Å²) in [6, 6.07) is 4.32. The summed E-state index contributed by atoms with van der Waals surface area (Å²) in [7, 11) is 0. The molecule has 0 fully saturated rings. The number of pyridine rings is 1. The van der Waals surface area contributed by atoms with Crippen LogP contribution in [0.1, 0.15) is 6.92 Å². The summed E-state index contributed by atoms with van der Waals surface area (Å²) in [5, 5.41) is 2.74. The number of anilines is 1. The molecule has 1 aromatic rings. The number of hydrogen-bond donors (Lipinski definition) is 1. The molecule has 0 bridgehead atoms. The number of hydrogen-bond acceptors (Lipinski definition) is 2. The molecule has 3 nitrogen and oxygen atoms in total. The molecule has 0 atom stereocenters. The van der Waals surface area contributed by atoms with Gasteiger partial charge in [0.15, 0.2) is 5.15 Å². The molecule has 0 aliphatic heterocycles. The van der Waals surface area contributed by atoms with E-state index in [4.69, 9.17) is 11.6 Å². The lowest BCUT2D eigenvalue weighted by Crippen LogP contribution is -2.06. The molecule has 1 amide bonds. The van der Waals surface area contributed by atoms with Crippen molar-refractivity contribution in [1.82, 2.24) is 4.98 Å². The summed E-state index contributed by atoms with van der Waals surface area (Å²) in [4.78, 5) is 14.3. The zero-order valence-electron chi connectivity index (χ0n) is 5.89. The number of carbonyl (C=O) groups is 1. The summed E-state index contributed by atoms with van der Waals surface area (Å²) < 4.78 is 0. The van der Waals surface area contributed by atoms with E-state index < -0.39 is 0 Å². The average molecular weight is 170 g/mol. The van der Waals surface area contributed by atoms with Crippen molar-refractivity contribution in [3.63, 3.8) is 0 Å². The predicted molar refractivity (Wildman–Crippen MR) is 42.4 cm³/mol. The molecule has 0 saturated carbocycles. The van der Waals surface area contributed by atoms with Crippen LogP contribution in [0.15, 0.2) is 12.3 Å². The Kier molecular flexibility index (Phi) is 2.44. The fourth-order valence-corrected chi connectivity index (χ4v) is 0.769. The molecule has 0 aromatic carbocycles. The SMILES string of the molecule is CC(=O)Nc1[c]ccnc1Cl. The van der Waals surface area contributed by atoms with Crippen molar-refractivity contribution >= 4 is 23.2 Å². The topological polar surface area (TPSA) is 42.0 Å². The molecule has 11 heavy (non-hydrogen) atoms. The second-order valence-electron chi connectivity index (χ2n) is 1.94. The fraction of sp³-hybridized carbons (Fsp3) is 0.143. The quantitative estimate of drug-likeness (QED) is 0.648. The van der Waals surface area contributed by atoms with Crippen molar-refractivity contribution in [1.29, 1.82) is 0 Å². The average Bonchev–Trinajstić information content (AvgIpc) is 1.93. The number of nitrogens with one attached hydrogen (secondary N) is 1. The smallest absolute Gasteiger partial charge is 0.221 e. The normalized spacial score (nSPS) is 9.27. The molecule has 1 radical (unpaired) electrons. The largest absolute Gasteiger partial charge is 0.323 e. The predicted octanol–water partition coefficient (Wildman–Crippen LogP) is 1.49. The molecule has 1 N–H and O–H groups in total. The Morgan fingerprint density at radius 1 is 1.82 bits per heavy atom. The van der Waals surface area contributed by atoms with Crippen molar-refractivity contribution in [3.05, 3.63) is 23.5 Å². The van der Waals surface area contributed by atoms with Gasteiger partial charge in [-0.1, -0.05) is 11.6 Å². The van der Waals surface area contributed by atoms with Crippen molar-refractivity contribution in [2.24, 2.45) is 0 Å². The first-order valence-corrected chi connectivity index (χ1v) is 3.37. The Morgan fingerprint density at radius 3 is 3.09 bits per heavy atom. The number of carbonyl (C=O) groups excluding carboxylic acids is 1. The Balaban J connectivity index is 2.86. The fourth-order valence-electron chi connectivity index (χ4n) is 0.611. The minimum atomic E-state index is -0.184. The van der Waals surface area contributed by atoms with Crippen LogP contribution in [0.4, 0.5) is 5.69 Å². The van der Waals surface area contributed by atoms with E-state index >= 15 is 0 Å². The van der Waals surface area contributed by atoms with E-state index in [1.165, 1.54) is 13.1 Å². The van der Waals surface area contributed by atoms with E-state index in [1.807, 2.05) is 0 Å². The molecule has 4 heteroatoms. The summed E-state index contributed by atoms with van der Waals surface area (Å²) in [6.45, 7) is 1.40. The van der Waals surface area contributed by atoms with Gasteiger partial charge in [-0.3, -0.25) is 4.79 Å². The third-order valence-corrected chi connectivity index (χ3v) is 1.28. The van der Waals surface area contributed by atoms with Gasteiger partial charge in [-0.15, -0.1) is 0 Å². The van der Waals surface area contributed by atoms with Gasteiger partial charge in [0.25, 0.3) is 0 Å². The highest BCUT2D eigenvalue weighted by molar-refractivity contribution is 6.32. The first-order valence-electron chi connectivity index (χ1n) is 3.00. The number of amides is 1. The lowest BCUT2D eigenvalue weighted by atomic mass is 10.4. The maximum absolute atomic E-state index is 10.5. The van der Waals surface area contributed by atoms with Gasteiger partial charge >= 0.3 is 0 Å². The minimum Gasteiger partial charge on any atom is -0.323 e. The number of rotatable bonds is 1. The lowest BCUT2D eigenvalue weighted by Gasteiger charge is -2.00. The van der Waals surface area contributed by atoms with E-state index in [0.29, 0.717) is 5.69 Å². The van der Waals surface area contributed by atoms with E-state index in [9.17, 15) is 4.79 Å². The van der Waals surface area contributed by atoms with E-state index in [1.54, 1.807) is 6.07 Å². The molecule has 0 unspecified atom stereocenters. The van der Waals surface area contributed by atoms with Crippen LogP contribution in [0, 0.1) is 6.07 Å². The molecule has 1 aromatic heterocycles. The summed E-state index contributed by atoms with van der Waals surface area (Å²) in [6.07, 6.45) is 1.51. The molecule has 1 heterocycles. The van der Waals surface area contributed by atoms with E-state index in [2.05, 4.69) is 16.4 Å². The highest BCUT2D eigenvalue weighted by Crippen LogP contribution is 2.15. The summed E-state index contributed by atoms with van der Waals surface area (Å²) >= 11 is 5.61. The van der Waals surface area contributed by atoms with Crippen LogP contribution in [0.3, 0.4) is 0 Å². The molecule has 0 saturated heterocycles. The molecule has 0 aliphatic carbocycles. The van der Waals surface area contributed by atoms with Crippen LogP contribution in [-0.4, -0.2) is 10.9 Å². The summed E-state index contributed by atoms with van der Waals surface area (Å²) in [5.74, 6) is -0.184. The van der Waals surface area contributed by atoms with Crippen LogP contribution in [-0.2, 0) is 4.79 Å². The second kappa shape index (κ2) is 3.34. The van der Waals surface area contributed by atoms with Gasteiger partial charge in [-0.05, 0) is 6.07 Å². The first kappa shape index (κ1) is 8.01.